The Labute approximate surface area is 253 Å². The van der Waals surface area contributed by atoms with E-state index >= 15 is 0 Å². The number of para-hydroxylation sites is 1. The second-order valence-electron chi connectivity index (χ2n) is 10.1. The van der Waals surface area contributed by atoms with Crippen molar-refractivity contribution in [1.82, 2.24) is 14.8 Å². The summed E-state index contributed by atoms with van der Waals surface area (Å²) in [4.78, 5) is 34.4. The molecule has 0 fully saturated rings. The van der Waals surface area contributed by atoms with E-state index in [2.05, 4.69) is 11.1 Å². The molecule has 43 heavy (non-hydrogen) atoms. The van der Waals surface area contributed by atoms with Gasteiger partial charge in [0.2, 0.25) is 11.7 Å². The number of aromatic nitrogens is 1. The Morgan fingerprint density at radius 1 is 0.837 bits per heavy atom. The van der Waals surface area contributed by atoms with Crippen LogP contribution >= 0.6 is 0 Å². The summed E-state index contributed by atoms with van der Waals surface area (Å²) in [6.07, 6.45) is 3.36. The maximum atomic E-state index is 13.9. The molecule has 0 aliphatic heterocycles. The highest BCUT2D eigenvalue weighted by molar-refractivity contribution is 5.97. The molecule has 0 saturated carbocycles. The summed E-state index contributed by atoms with van der Waals surface area (Å²) in [6.45, 7) is 5.77. The molecule has 0 atom stereocenters. The largest absolute Gasteiger partial charge is 0.494 e. The lowest BCUT2D eigenvalue weighted by atomic mass is 10.1. The summed E-state index contributed by atoms with van der Waals surface area (Å²) >= 11 is 0. The third-order valence-electron chi connectivity index (χ3n) is 7.31. The molecule has 2 amide bonds. The van der Waals surface area contributed by atoms with Crippen LogP contribution in [-0.2, 0) is 17.8 Å². The lowest BCUT2D eigenvalue weighted by Gasteiger charge is -2.28. The third-order valence-corrected chi connectivity index (χ3v) is 7.31. The molecule has 9 nitrogen and oxygen atoms in total. The summed E-state index contributed by atoms with van der Waals surface area (Å²) in [7, 11) is 4.52. The number of aromatic amines is 1. The molecule has 1 heterocycles. The van der Waals surface area contributed by atoms with E-state index < -0.39 is 0 Å². The van der Waals surface area contributed by atoms with Crippen LogP contribution in [0, 0.1) is 0 Å². The fourth-order valence-electron chi connectivity index (χ4n) is 5.14. The number of ether oxygens (including phenoxy) is 4. The van der Waals surface area contributed by atoms with Crippen LogP contribution in [0.25, 0.3) is 10.9 Å². The molecule has 4 rings (SSSR count). The van der Waals surface area contributed by atoms with Crippen molar-refractivity contribution >= 4 is 22.7 Å². The molecule has 0 unspecified atom stereocenters. The van der Waals surface area contributed by atoms with Gasteiger partial charge in [0, 0.05) is 42.3 Å². The van der Waals surface area contributed by atoms with Crippen molar-refractivity contribution in [3.63, 3.8) is 0 Å². The van der Waals surface area contributed by atoms with Crippen molar-refractivity contribution in [2.75, 3.05) is 47.6 Å². The first kappa shape index (κ1) is 31.3. The number of methoxy groups -OCH3 is 3. The zero-order valence-electron chi connectivity index (χ0n) is 25.6. The number of hydrogen-bond acceptors (Lipinski definition) is 6. The first-order chi connectivity index (χ1) is 20.9. The Balaban J connectivity index is 1.58. The molecule has 0 aliphatic rings. The molecule has 0 spiro atoms. The Hall–Kier alpha value is -4.66. The molecule has 0 aliphatic carbocycles. The molecule has 1 N–H and O–H groups in total. The number of hydrogen-bond donors (Lipinski definition) is 1. The number of carbonyl (C=O) groups excluding carboxylic acids is 2. The van der Waals surface area contributed by atoms with Crippen LogP contribution in [0.15, 0.2) is 66.9 Å². The normalized spacial score (nSPS) is 10.8. The molecule has 0 radical (unpaired) electrons. The van der Waals surface area contributed by atoms with Crippen molar-refractivity contribution < 1.29 is 28.5 Å². The first-order valence-corrected chi connectivity index (χ1v) is 14.6. The second kappa shape index (κ2) is 15.0. The van der Waals surface area contributed by atoms with Crippen LogP contribution < -0.4 is 18.9 Å². The van der Waals surface area contributed by atoms with Gasteiger partial charge < -0.3 is 33.7 Å². The summed E-state index contributed by atoms with van der Waals surface area (Å²) < 4.78 is 21.9. The standard InChI is InChI=1S/C34H41N3O6/c1-6-17-37(34(39)26-19-30(40-3)33(42-5)31(20-26)41-4)23-32(38)36(22-24-12-14-27(15-13-24)43-7-2)18-16-25-21-35-29-11-9-8-10-28(25)29/h8-15,19-21,35H,6-7,16-18,22-23H2,1-5H3. The highest BCUT2D eigenvalue weighted by Gasteiger charge is 2.25. The highest BCUT2D eigenvalue weighted by Crippen LogP contribution is 2.38. The molecule has 228 valence electrons. The molecule has 1 aromatic heterocycles. The monoisotopic (exact) mass is 587 g/mol. The second-order valence-corrected chi connectivity index (χ2v) is 10.1. The lowest BCUT2D eigenvalue weighted by Crippen LogP contribution is -2.43. The Kier molecular flexibility index (Phi) is 10.9. The Bertz CT molecular complexity index is 1490. The lowest BCUT2D eigenvalue weighted by molar-refractivity contribution is -0.132. The molecule has 4 aromatic rings. The SMILES string of the molecule is CCCN(CC(=O)N(CCc1c[nH]c2ccccc12)Cc1ccc(OCC)cc1)C(=O)c1cc(OC)c(OC)c(OC)c1. The number of H-pyrrole nitrogens is 1. The predicted octanol–water partition coefficient (Wildman–Crippen LogP) is 5.72. The van der Waals surface area contributed by atoms with Gasteiger partial charge in [0.1, 0.15) is 12.3 Å². The van der Waals surface area contributed by atoms with Crippen LogP contribution in [0.4, 0.5) is 0 Å². The Morgan fingerprint density at radius 2 is 1.53 bits per heavy atom. The number of fused-ring (bicyclic) bond motifs is 1. The van der Waals surface area contributed by atoms with Crippen molar-refractivity contribution in [2.45, 2.75) is 33.2 Å². The minimum Gasteiger partial charge on any atom is -0.494 e. The van der Waals surface area contributed by atoms with E-state index in [0.717, 1.165) is 27.8 Å². The van der Waals surface area contributed by atoms with Crippen molar-refractivity contribution in [1.29, 1.82) is 0 Å². The quantitative estimate of drug-likeness (QED) is 0.191. The molecule has 9 heteroatoms. The van der Waals surface area contributed by atoms with E-state index in [1.54, 1.807) is 17.0 Å². The van der Waals surface area contributed by atoms with Gasteiger partial charge in [0.15, 0.2) is 11.5 Å². The third kappa shape index (κ3) is 7.60. The number of benzene rings is 3. The topological polar surface area (TPSA) is 93.3 Å². The maximum absolute atomic E-state index is 13.9. The minimum atomic E-state index is -0.285. The fraction of sp³-hybridized carbons (Fsp3) is 0.353. The summed E-state index contributed by atoms with van der Waals surface area (Å²) in [5.41, 5.74) is 3.53. The molecular formula is C34H41N3O6. The van der Waals surface area contributed by atoms with Gasteiger partial charge in [-0.2, -0.15) is 0 Å². The fourth-order valence-corrected chi connectivity index (χ4v) is 5.14. The number of amides is 2. The Morgan fingerprint density at radius 3 is 2.16 bits per heavy atom. The maximum Gasteiger partial charge on any atom is 0.254 e. The van der Waals surface area contributed by atoms with E-state index in [4.69, 9.17) is 18.9 Å². The van der Waals surface area contributed by atoms with Gasteiger partial charge in [-0.15, -0.1) is 0 Å². The van der Waals surface area contributed by atoms with E-state index in [0.29, 0.717) is 61.9 Å². The number of nitrogens with one attached hydrogen (secondary N) is 1. The summed E-state index contributed by atoms with van der Waals surface area (Å²) in [6, 6.07) is 19.1. The number of nitrogens with zero attached hydrogens (tertiary/aromatic N) is 2. The molecule has 3 aromatic carbocycles. The summed E-state index contributed by atoms with van der Waals surface area (Å²) in [5.74, 6) is 1.52. The first-order valence-electron chi connectivity index (χ1n) is 14.6. The average Bonchev–Trinajstić information content (AvgIpc) is 3.45. The van der Waals surface area contributed by atoms with Gasteiger partial charge in [0.05, 0.1) is 27.9 Å². The number of carbonyl (C=O) groups is 2. The number of rotatable bonds is 15. The zero-order chi connectivity index (χ0) is 30.8. The van der Waals surface area contributed by atoms with Gasteiger partial charge >= 0.3 is 0 Å². The van der Waals surface area contributed by atoms with Crippen LogP contribution in [0.1, 0.15) is 41.8 Å². The zero-order valence-corrected chi connectivity index (χ0v) is 25.6. The molecule has 0 saturated heterocycles. The van der Waals surface area contributed by atoms with Crippen LogP contribution in [0.3, 0.4) is 0 Å². The van der Waals surface area contributed by atoms with Crippen LogP contribution in [0.2, 0.25) is 0 Å². The van der Waals surface area contributed by atoms with Crippen LogP contribution in [-0.4, -0.2) is 74.2 Å². The van der Waals surface area contributed by atoms with E-state index in [-0.39, 0.29) is 18.4 Å². The molecule has 0 bridgehead atoms. The van der Waals surface area contributed by atoms with Gasteiger partial charge in [-0.05, 0) is 61.2 Å². The van der Waals surface area contributed by atoms with Gasteiger partial charge in [-0.25, -0.2) is 0 Å². The van der Waals surface area contributed by atoms with Crippen molar-refractivity contribution in [2.24, 2.45) is 0 Å². The summed E-state index contributed by atoms with van der Waals surface area (Å²) in [5, 5.41) is 1.14. The van der Waals surface area contributed by atoms with E-state index in [1.807, 2.05) is 67.4 Å². The smallest absolute Gasteiger partial charge is 0.254 e. The molecular weight excluding hydrogens is 546 g/mol. The van der Waals surface area contributed by atoms with Gasteiger partial charge in [0.25, 0.3) is 5.91 Å². The van der Waals surface area contributed by atoms with E-state index in [9.17, 15) is 9.59 Å². The van der Waals surface area contributed by atoms with Crippen LogP contribution in [0.5, 0.6) is 23.0 Å². The van der Waals surface area contributed by atoms with Crippen molar-refractivity contribution in [3.05, 3.63) is 83.6 Å². The van der Waals surface area contributed by atoms with Crippen molar-refractivity contribution in [3.8, 4) is 23.0 Å². The minimum absolute atomic E-state index is 0.0613. The van der Waals surface area contributed by atoms with Gasteiger partial charge in [-0.1, -0.05) is 37.3 Å². The highest BCUT2D eigenvalue weighted by atomic mass is 16.5. The predicted molar refractivity (Wildman–Crippen MR) is 167 cm³/mol. The van der Waals surface area contributed by atoms with Gasteiger partial charge in [-0.3, -0.25) is 9.59 Å². The van der Waals surface area contributed by atoms with E-state index in [1.165, 1.54) is 21.3 Å². The average molecular weight is 588 g/mol.